The predicted octanol–water partition coefficient (Wildman–Crippen LogP) is 6.17. The first-order valence-electron chi connectivity index (χ1n) is 15.1. The Balaban J connectivity index is 1.27. The fourth-order valence-corrected chi connectivity index (χ4v) is 7.30. The standard InChI is InChI=1S/C36H38N2O6/c1-38-30-14-22-15-32(39)33(40)18-26(22)31(38)17-28-27(30)19-34(42-3)36(43-4)35(28)44-24-10-7-21-11-12-37-29(25(21)16-24)13-20-5-8-23(41-2)9-6-20/h5-10,15-16,18-19,29-31,37,39-40H,11-14,17H2,1-4H3. The van der Waals surface area contributed by atoms with Gasteiger partial charge in [0.1, 0.15) is 11.5 Å². The predicted molar refractivity (Wildman–Crippen MR) is 168 cm³/mol. The molecule has 8 nitrogen and oxygen atoms in total. The van der Waals surface area contributed by atoms with Gasteiger partial charge in [-0.05, 0) is 115 Å². The van der Waals surface area contributed by atoms with Crippen LogP contribution >= 0.6 is 0 Å². The average molecular weight is 595 g/mol. The largest absolute Gasteiger partial charge is 0.504 e. The number of hydrogen-bond donors (Lipinski definition) is 3. The quantitative estimate of drug-likeness (QED) is 0.219. The Morgan fingerprint density at radius 1 is 0.750 bits per heavy atom. The Labute approximate surface area is 257 Å². The number of nitrogens with zero attached hydrogens (tertiary/aromatic N) is 1. The van der Waals surface area contributed by atoms with E-state index in [2.05, 4.69) is 47.6 Å². The Kier molecular flexibility index (Phi) is 7.26. The van der Waals surface area contributed by atoms with Crippen LogP contribution in [-0.4, -0.2) is 50.0 Å². The number of phenolic OH excluding ortho intramolecular Hbond substituents is 2. The third-order valence-corrected chi connectivity index (χ3v) is 9.61. The van der Waals surface area contributed by atoms with Crippen LogP contribution in [0.5, 0.6) is 40.2 Å². The molecule has 3 aliphatic heterocycles. The van der Waals surface area contributed by atoms with Crippen molar-refractivity contribution in [3.63, 3.8) is 0 Å². The van der Waals surface area contributed by atoms with E-state index in [1.165, 1.54) is 16.7 Å². The van der Waals surface area contributed by atoms with E-state index in [9.17, 15) is 10.2 Å². The molecular formula is C36H38N2O6. The second-order valence-electron chi connectivity index (χ2n) is 11.9. The van der Waals surface area contributed by atoms with Crippen LogP contribution in [0.3, 0.4) is 0 Å². The molecule has 0 radical (unpaired) electrons. The highest BCUT2D eigenvalue weighted by molar-refractivity contribution is 5.64. The minimum Gasteiger partial charge on any atom is -0.504 e. The Hall–Kier alpha value is -4.40. The lowest BCUT2D eigenvalue weighted by molar-refractivity contribution is 0.135. The maximum Gasteiger partial charge on any atom is 0.204 e. The second-order valence-corrected chi connectivity index (χ2v) is 11.9. The number of methoxy groups -OCH3 is 3. The number of nitrogens with one attached hydrogen (secondary N) is 1. The van der Waals surface area contributed by atoms with Crippen molar-refractivity contribution in [2.75, 3.05) is 34.9 Å². The van der Waals surface area contributed by atoms with Crippen LogP contribution in [0.4, 0.5) is 0 Å². The van der Waals surface area contributed by atoms with Crippen molar-refractivity contribution in [3.05, 3.63) is 99.6 Å². The maximum absolute atomic E-state index is 10.3. The highest BCUT2D eigenvalue weighted by atomic mass is 16.5. The molecule has 0 fully saturated rings. The first-order chi connectivity index (χ1) is 21.4. The molecule has 3 unspecified atom stereocenters. The van der Waals surface area contributed by atoms with E-state index in [1.807, 2.05) is 18.2 Å². The topological polar surface area (TPSA) is 92.7 Å². The van der Waals surface area contributed by atoms with E-state index in [4.69, 9.17) is 18.9 Å². The van der Waals surface area contributed by atoms with Crippen LogP contribution in [0.2, 0.25) is 0 Å². The van der Waals surface area contributed by atoms with E-state index in [-0.39, 0.29) is 29.6 Å². The molecule has 7 rings (SSSR count). The Bertz CT molecular complexity index is 1720. The molecule has 0 aliphatic carbocycles. The monoisotopic (exact) mass is 594 g/mol. The molecule has 8 heteroatoms. The second kappa shape index (κ2) is 11.3. The molecular weight excluding hydrogens is 556 g/mol. The first-order valence-corrected chi connectivity index (χ1v) is 15.1. The van der Waals surface area contributed by atoms with Gasteiger partial charge in [-0.15, -0.1) is 0 Å². The van der Waals surface area contributed by atoms with Crippen LogP contribution in [0.15, 0.2) is 60.7 Å². The maximum atomic E-state index is 10.3. The molecule has 4 aromatic carbocycles. The van der Waals surface area contributed by atoms with Gasteiger partial charge in [-0.25, -0.2) is 0 Å². The van der Waals surface area contributed by atoms with Crippen LogP contribution in [0.25, 0.3) is 0 Å². The Morgan fingerprint density at radius 3 is 2.25 bits per heavy atom. The summed E-state index contributed by atoms with van der Waals surface area (Å²) in [7, 11) is 7.09. The van der Waals surface area contributed by atoms with Crippen LogP contribution in [-0.2, 0) is 25.7 Å². The van der Waals surface area contributed by atoms with Gasteiger partial charge in [0.15, 0.2) is 23.0 Å². The van der Waals surface area contributed by atoms with Crippen molar-refractivity contribution in [1.29, 1.82) is 0 Å². The number of aromatic hydroxyl groups is 2. The molecule has 228 valence electrons. The van der Waals surface area contributed by atoms with Gasteiger partial charge < -0.3 is 34.5 Å². The molecule has 0 saturated heterocycles. The summed E-state index contributed by atoms with van der Waals surface area (Å²) < 4.78 is 23.9. The number of likely N-dealkylation sites (N-methyl/N-ethyl adjacent to an activating group) is 1. The SMILES string of the molecule is COc1ccc(CC2NCCc3ccc(Oc4c5c(cc(OC)c4OC)C4Cc6cc(O)c(O)cc6C(C5)N4C)cc32)cc1. The molecule has 3 heterocycles. The number of phenols is 2. The molecule has 0 spiro atoms. The summed E-state index contributed by atoms with van der Waals surface area (Å²) in [6, 6.07) is 20.3. The van der Waals surface area contributed by atoms with Gasteiger partial charge in [0, 0.05) is 23.7 Å². The van der Waals surface area contributed by atoms with Crippen LogP contribution < -0.4 is 24.3 Å². The molecule has 3 N–H and O–H groups in total. The first kappa shape index (κ1) is 28.4. The van der Waals surface area contributed by atoms with Crippen molar-refractivity contribution < 1.29 is 29.2 Å². The van der Waals surface area contributed by atoms with Gasteiger partial charge in [-0.1, -0.05) is 18.2 Å². The number of ether oxygens (including phenoxy) is 4. The van der Waals surface area contributed by atoms with E-state index >= 15 is 0 Å². The van der Waals surface area contributed by atoms with Crippen molar-refractivity contribution in [2.24, 2.45) is 0 Å². The third-order valence-electron chi connectivity index (χ3n) is 9.61. The van der Waals surface area contributed by atoms with E-state index in [0.717, 1.165) is 53.1 Å². The third kappa shape index (κ3) is 4.78. The number of fused-ring (bicyclic) bond motifs is 7. The van der Waals surface area contributed by atoms with Crippen molar-refractivity contribution in [3.8, 4) is 40.2 Å². The molecule has 0 aromatic heterocycles. The summed E-state index contributed by atoms with van der Waals surface area (Å²) >= 11 is 0. The summed E-state index contributed by atoms with van der Waals surface area (Å²) in [6.45, 7) is 0.927. The highest BCUT2D eigenvalue weighted by Crippen LogP contribution is 2.55. The summed E-state index contributed by atoms with van der Waals surface area (Å²) in [5.41, 5.74) is 8.05. The number of hydrogen-bond acceptors (Lipinski definition) is 8. The molecule has 44 heavy (non-hydrogen) atoms. The van der Waals surface area contributed by atoms with Gasteiger partial charge in [0.25, 0.3) is 0 Å². The van der Waals surface area contributed by atoms with Crippen molar-refractivity contribution in [1.82, 2.24) is 10.2 Å². The van der Waals surface area contributed by atoms with E-state index < -0.39 is 0 Å². The lowest BCUT2D eigenvalue weighted by Crippen LogP contribution is -2.40. The molecule has 0 saturated carbocycles. The Morgan fingerprint density at radius 2 is 1.50 bits per heavy atom. The molecule has 0 amide bonds. The van der Waals surface area contributed by atoms with Gasteiger partial charge in [-0.3, -0.25) is 4.90 Å². The fourth-order valence-electron chi connectivity index (χ4n) is 7.30. The van der Waals surface area contributed by atoms with Gasteiger partial charge in [0.2, 0.25) is 5.75 Å². The van der Waals surface area contributed by atoms with E-state index in [1.54, 1.807) is 33.5 Å². The summed E-state index contributed by atoms with van der Waals surface area (Å²) in [6.07, 6.45) is 3.16. The highest BCUT2D eigenvalue weighted by Gasteiger charge is 2.41. The number of rotatable bonds is 7. The summed E-state index contributed by atoms with van der Waals surface area (Å²) in [5, 5.41) is 24.3. The zero-order chi connectivity index (χ0) is 30.5. The molecule has 2 bridgehead atoms. The molecule has 4 aromatic rings. The van der Waals surface area contributed by atoms with Gasteiger partial charge in [0.05, 0.1) is 21.3 Å². The van der Waals surface area contributed by atoms with Gasteiger partial charge >= 0.3 is 0 Å². The number of benzene rings is 4. The molecule has 3 aliphatic rings. The summed E-state index contributed by atoms with van der Waals surface area (Å²) in [5.74, 6) is 3.25. The zero-order valence-electron chi connectivity index (χ0n) is 25.5. The minimum atomic E-state index is -0.1000. The lowest BCUT2D eigenvalue weighted by Gasteiger charge is -2.46. The van der Waals surface area contributed by atoms with Crippen LogP contribution in [0, 0.1) is 0 Å². The smallest absolute Gasteiger partial charge is 0.204 e. The summed E-state index contributed by atoms with van der Waals surface area (Å²) in [4.78, 5) is 2.34. The fraction of sp³-hybridized carbons (Fsp3) is 0.333. The minimum absolute atomic E-state index is 0.00445. The zero-order valence-corrected chi connectivity index (χ0v) is 25.5. The van der Waals surface area contributed by atoms with Gasteiger partial charge in [-0.2, -0.15) is 0 Å². The van der Waals surface area contributed by atoms with E-state index in [0.29, 0.717) is 30.1 Å². The van der Waals surface area contributed by atoms with Crippen LogP contribution in [0.1, 0.15) is 57.1 Å². The normalized spacial score (nSPS) is 20.2. The van der Waals surface area contributed by atoms with Crippen molar-refractivity contribution >= 4 is 0 Å². The lowest BCUT2D eigenvalue weighted by atomic mass is 9.76. The van der Waals surface area contributed by atoms with Crippen molar-refractivity contribution in [2.45, 2.75) is 43.8 Å². The molecule has 3 atom stereocenters. The average Bonchev–Trinajstić information content (AvgIpc) is 3.03.